The van der Waals surface area contributed by atoms with Crippen LogP contribution >= 0.6 is 23.5 Å². The molecule has 0 fully saturated rings. The van der Waals surface area contributed by atoms with E-state index in [4.69, 9.17) is 5.73 Å². The van der Waals surface area contributed by atoms with Crippen molar-refractivity contribution in [3.8, 4) is 0 Å². The summed E-state index contributed by atoms with van der Waals surface area (Å²) < 4.78 is 63.8. The van der Waals surface area contributed by atoms with Crippen molar-refractivity contribution in [2.45, 2.75) is 120 Å². The van der Waals surface area contributed by atoms with Gasteiger partial charge in [0.1, 0.15) is 18.0 Å². The molecular formula is C61H88F5N7S2. The second-order valence-electron chi connectivity index (χ2n) is 15.8. The van der Waals surface area contributed by atoms with Crippen LogP contribution < -0.4 is 27.0 Å². The van der Waals surface area contributed by atoms with Crippen LogP contribution in [0.15, 0.2) is 152 Å². The number of halogens is 5. The molecule has 1 aliphatic heterocycles. The average Bonchev–Trinajstić information content (AvgIpc) is 3.88. The number of pyridine rings is 2. The van der Waals surface area contributed by atoms with Crippen LogP contribution in [0, 0.1) is 11.7 Å². The van der Waals surface area contributed by atoms with Gasteiger partial charge in [-0.15, -0.1) is 18.3 Å². The highest BCUT2D eigenvalue weighted by atomic mass is 32.2. The number of alkyl halides is 4. The molecule has 75 heavy (non-hydrogen) atoms. The number of hydrogen-bond acceptors (Lipinski definition) is 9. The minimum atomic E-state index is -4.23. The van der Waals surface area contributed by atoms with Crippen LogP contribution in [-0.4, -0.2) is 60.9 Å². The Kier molecular flexibility index (Phi) is 39.9. The molecule has 0 aliphatic carbocycles. The van der Waals surface area contributed by atoms with Gasteiger partial charge in [-0.05, 0) is 123 Å². The Morgan fingerprint density at radius 1 is 0.853 bits per heavy atom. The molecule has 5 aromatic rings. The summed E-state index contributed by atoms with van der Waals surface area (Å²) in [6.07, 6.45) is 18.1. The molecule has 6 N–H and O–H groups in total. The standard InChI is InChI=1S/C27H34F3N3S.C21H23FN4S.C4H8.C3H5F.3C2H6/c1-4-10-23(27(28,29)30)11-8-6-5-7-9-15-32-26-33-24(19(2)3)25(34-26)21-12-13-22-18-31-16-14-20(22)17-21;1-27-21(16-6-7-17-13-24-10-8-15(17)12-16)20(26-14-25-11-9-23)18-4-2-3-5-19(18)22;1-3-4-2;1-2-3-4;3*1-2/h6,8,10,12-14,16-19,26,32-33H,4-5,7,9,11,15H2,1-3H3;2-8,10,12-13,25-26H,9,11,14,23H2,1H3;3-4H,1-2H3;2H,1,3H2;3*1-2H3/b8-6-,23-10+;21-20-;4-3+;;;;. The summed E-state index contributed by atoms with van der Waals surface area (Å²) in [6, 6.07) is 23.5. The first-order chi connectivity index (χ1) is 36.4. The van der Waals surface area contributed by atoms with Crippen molar-refractivity contribution in [1.82, 2.24) is 31.2 Å². The zero-order valence-electron chi connectivity index (χ0n) is 46.8. The van der Waals surface area contributed by atoms with E-state index in [-0.39, 0.29) is 17.7 Å². The first-order valence-corrected chi connectivity index (χ1v) is 28.4. The first kappa shape index (κ1) is 69.8. The van der Waals surface area contributed by atoms with E-state index in [1.807, 2.05) is 129 Å². The fourth-order valence-electron chi connectivity index (χ4n) is 6.79. The second kappa shape index (κ2) is 42.9. The number of fused-ring (bicyclic) bond motifs is 2. The van der Waals surface area contributed by atoms with Gasteiger partial charge in [0.25, 0.3) is 0 Å². The summed E-state index contributed by atoms with van der Waals surface area (Å²) in [6.45, 7) is 27.4. The molecule has 0 spiro atoms. The lowest BCUT2D eigenvalue weighted by atomic mass is 10.0. The zero-order chi connectivity index (χ0) is 56.4. The van der Waals surface area contributed by atoms with Gasteiger partial charge >= 0.3 is 6.18 Å². The quantitative estimate of drug-likeness (QED) is 0.0172. The van der Waals surface area contributed by atoms with Crippen LogP contribution in [0.2, 0.25) is 0 Å². The summed E-state index contributed by atoms with van der Waals surface area (Å²) in [5.41, 5.74) is 10.0. The molecule has 7 nitrogen and oxygen atoms in total. The third-order valence-electron chi connectivity index (χ3n) is 10.3. The molecule has 1 atom stereocenters. The number of thioether (sulfide) groups is 2. The Balaban J connectivity index is 0.00000119. The van der Waals surface area contributed by atoms with Crippen LogP contribution in [-0.2, 0) is 0 Å². The summed E-state index contributed by atoms with van der Waals surface area (Å²) in [5.74, 6) is 0.131. The summed E-state index contributed by atoms with van der Waals surface area (Å²) in [7, 11) is 0. The van der Waals surface area contributed by atoms with Crippen LogP contribution in [0.25, 0.3) is 37.1 Å². The van der Waals surface area contributed by atoms with Gasteiger partial charge in [0.05, 0.1) is 12.4 Å². The van der Waals surface area contributed by atoms with Gasteiger partial charge in [-0.2, -0.15) is 13.2 Å². The number of aromatic nitrogens is 2. The molecule has 0 bridgehead atoms. The summed E-state index contributed by atoms with van der Waals surface area (Å²) >= 11 is 3.40. The van der Waals surface area contributed by atoms with Crippen LogP contribution in [0.4, 0.5) is 22.0 Å². The largest absolute Gasteiger partial charge is 0.412 e. The third kappa shape index (κ3) is 26.4. The maximum Gasteiger partial charge on any atom is 0.412 e. The number of benzene rings is 3. The van der Waals surface area contributed by atoms with Gasteiger partial charge in [-0.25, -0.2) is 8.78 Å². The number of nitrogens with one attached hydrogen (secondary N) is 4. The lowest BCUT2D eigenvalue weighted by molar-refractivity contribution is -0.0931. The van der Waals surface area contributed by atoms with Crippen molar-refractivity contribution in [2.24, 2.45) is 11.7 Å². The predicted molar refractivity (Wildman–Crippen MR) is 322 cm³/mol. The number of rotatable bonds is 20. The highest BCUT2D eigenvalue weighted by Crippen LogP contribution is 2.41. The molecule has 14 heteroatoms. The predicted octanol–water partition coefficient (Wildman–Crippen LogP) is 17.2. The number of allylic oxidation sites excluding steroid dienone is 8. The Hall–Kier alpha value is -5.25. The maximum absolute atomic E-state index is 14.5. The van der Waals surface area contributed by atoms with E-state index in [9.17, 15) is 22.0 Å². The van der Waals surface area contributed by atoms with E-state index in [0.717, 1.165) is 58.1 Å². The Bertz CT molecular complexity index is 2460. The van der Waals surface area contributed by atoms with Crippen molar-refractivity contribution in [3.63, 3.8) is 0 Å². The lowest BCUT2D eigenvalue weighted by Crippen LogP contribution is -2.37. The molecule has 414 valence electrons. The van der Waals surface area contributed by atoms with Crippen molar-refractivity contribution < 1.29 is 22.0 Å². The molecule has 0 amide bonds. The molecule has 0 saturated carbocycles. The Morgan fingerprint density at radius 2 is 1.47 bits per heavy atom. The number of nitrogens with two attached hydrogens (primary N) is 1. The normalized spacial score (nSPS) is 13.3. The van der Waals surface area contributed by atoms with Gasteiger partial charge in [0.15, 0.2) is 0 Å². The number of unbranched alkanes of at least 4 members (excludes halogenated alkanes) is 2. The van der Waals surface area contributed by atoms with E-state index < -0.39 is 18.4 Å². The van der Waals surface area contributed by atoms with Crippen molar-refractivity contribution in [3.05, 3.63) is 174 Å². The van der Waals surface area contributed by atoms with E-state index >= 15 is 0 Å². The molecule has 6 rings (SSSR count). The summed E-state index contributed by atoms with van der Waals surface area (Å²) in [5, 5.41) is 18.2. The fourth-order valence-corrected chi connectivity index (χ4v) is 8.85. The SMILES string of the molecule is C/C=C/C.C=CCF.CC.CC.CC.CC/C=C(\C/C=C\CCCCNC1NC(C(C)C)=C(c2ccc3cnccc3c2)S1)C(F)(F)F.CS/C(=C(\NCNCCN)c1ccccc1F)c1ccc2cnccc2c1. The van der Waals surface area contributed by atoms with Crippen molar-refractivity contribution in [1.29, 1.82) is 0 Å². The lowest BCUT2D eigenvalue weighted by Gasteiger charge is -2.18. The molecule has 0 saturated heterocycles. The van der Waals surface area contributed by atoms with Crippen molar-refractivity contribution in [2.75, 3.05) is 39.2 Å². The molecule has 3 aromatic carbocycles. The molecule has 2 aromatic heterocycles. The fraction of sp³-hybridized carbons (Fsp3) is 0.410. The van der Waals surface area contributed by atoms with Gasteiger partial charge in [0.2, 0.25) is 0 Å². The summed E-state index contributed by atoms with van der Waals surface area (Å²) in [4.78, 5) is 10.6. The molecule has 1 unspecified atom stereocenters. The van der Waals surface area contributed by atoms with Crippen LogP contribution in [0.5, 0.6) is 0 Å². The first-order valence-electron chi connectivity index (χ1n) is 26.3. The van der Waals surface area contributed by atoms with E-state index in [2.05, 4.69) is 75.9 Å². The minimum absolute atomic E-state index is 0.0457. The Morgan fingerprint density at radius 3 is 2.01 bits per heavy atom. The van der Waals surface area contributed by atoms with Gasteiger partial charge in [-0.1, -0.05) is 147 Å². The molecule has 1 aliphatic rings. The topological polar surface area (TPSA) is 99.9 Å². The number of nitrogens with zero attached hydrogens (tertiary/aromatic N) is 2. The molecular weight excluding hydrogens is 990 g/mol. The minimum Gasteiger partial charge on any atom is -0.371 e. The second-order valence-corrected chi connectivity index (χ2v) is 17.7. The number of hydrogen-bond donors (Lipinski definition) is 5. The molecule has 3 heterocycles. The van der Waals surface area contributed by atoms with E-state index in [0.29, 0.717) is 37.7 Å². The van der Waals surface area contributed by atoms with Crippen molar-refractivity contribution >= 4 is 60.6 Å². The average molecular weight is 1080 g/mol. The monoisotopic (exact) mass is 1080 g/mol. The van der Waals surface area contributed by atoms with Crippen LogP contribution in [0.1, 0.15) is 125 Å². The van der Waals surface area contributed by atoms with Gasteiger partial charge in [0, 0.05) is 75.3 Å². The van der Waals surface area contributed by atoms with E-state index in [1.54, 1.807) is 54.9 Å². The zero-order valence-corrected chi connectivity index (χ0v) is 48.4. The van der Waals surface area contributed by atoms with Gasteiger partial charge < -0.3 is 16.4 Å². The maximum atomic E-state index is 14.5. The third-order valence-corrected chi connectivity index (χ3v) is 12.4. The smallest absolute Gasteiger partial charge is 0.371 e. The highest BCUT2D eigenvalue weighted by molar-refractivity contribution is 8.09. The highest BCUT2D eigenvalue weighted by Gasteiger charge is 2.32. The molecule has 0 radical (unpaired) electrons. The Labute approximate surface area is 456 Å². The van der Waals surface area contributed by atoms with Crippen LogP contribution in [0.3, 0.4) is 0 Å². The van der Waals surface area contributed by atoms with Gasteiger partial charge in [-0.3, -0.25) is 20.6 Å². The van der Waals surface area contributed by atoms with E-state index in [1.165, 1.54) is 39.8 Å².